The molecule has 1 aromatic heterocycles. The average Bonchev–Trinajstić information content (AvgIpc) is 2.23. The van der Waals surface area contributed by atoms with Gasteiger partial charge in [0.05, 0.1) is 6.26 Å². The smallest absolute Gasteiger partial charge is 0.208 e. The summed E-state index contributed by atoms with van der Waals surface area (Å²) in [7, 11) is -3.13. The molecule has 1 heterocycles. The Hall–Kier alpha value is -1.38. The fraction of sp³-hybridized carbons (Fsp3) is 0.375. The molecule has 1 aromatic rings. The molecule has 0 radical (unpaired) electrons. The molecule has 7 nitrogen and oxygen atoms in total. The van der Waals surface area contributed by atoms with Gasteiger partial charge in [0, 0.05) is 13.1 Å². The van der Waals surface area contributed by atoms with Gasteiger partial charge in [0.1, 0.15) is 11.6 Å². The van der Waals surface area contributed by atoms with Gasteiger partial charge in [0.25, 0.3) is 0 Å². The quantitative estimate of drug-likeness (QED) is 0.300. The third kappa shape index (κ3) is 4.91. The van der Waals surface area contributed by atoms with Crippen LogP contribution in [0.4, 0.5) is 11.6 Å². The second kappa shape index (κ2) is 5.64. The van der Waals surface area contributed by atoms with Crippen molar-refractivity contribution < 1.29 is 8.42 Å². The third-order valence-corrected chi connectivity index (χ3v) is 2.42. The molecule has 0 saturated heterocycles. The first kappa shape index (κ1) is 12.7. The van der Waals surface area contributed by atoms with E-state index < -0.39 is 10.0 Å². The van der Waals surface area contributed by atoms with Crippen LogP contribution in [0.1, 0.15) is 0 Å². The van der Waals surface area contributed by atoms with E-state index in [-0.39, 0.29) is 0 Å². The van der Waals surface area contributed by atoms with Gasteiger partial charge < -0.3 is 10.7 Å². The molecule has 0 bridgehead atoms. The molecule has 0 unspecified atom stereocenters. The molecule has 0 aromatic carbocycles. The van der Waals surface area contributed by atoms with Gasteiger partial charge in [-0.1, -0.05) is 6.07 Å². The van der Waals surface area contributed by atoms with E-state index >= 15 is 0 Å². The number of hydrogen-bond acceptors (Lipinski definition) is 6. The molecule has 16 heavy (non-hydrogen) atoms. The highest BCUT2D eigenvalue weighted by molar-refractivity contribution is 7.88. The number of nitrogens with one attached hydrogen (secondary N) is 3. The molecule has 5 N–H and O–H groups in total. The highest BCUT2D eigenvalue weighted by atomic mass is 32.2. The molecule has 0 amide bonds. The van der Waals surface area contributed by atoms with Crippen LogP contribution in [0.5, 0.6) is 0 Å². The summed E-state index contributed by atoms with van der Waals surface area (Å²) in [5.41, 5.74) is 2.42. The van der Waals surface area contributed by atoms with Crippen molar-refractivity contribution in [2.75, 3.05) is 30.1 Å². The molecule has 0 aliphatic carbocycles. The maximum atomic E-state index is 10.8. The lowest BCUT2D eigenvalue weighted by molar-refractivity contribution is 0.589. The number of rotatable bonds is 6. The number of nitrogens with zero attached hydrogens (tertiary/aromatic N) is 1. The molecular weight excluding hydrogens is 230 g/mol. The van der Waals surface area contributed by atoms with Crippen LogP contribution in [0, 0.1) is 0 Å². The van der Waals surface area contributed by atoms with E-state index in [1.165, 1.54) is 0 Å². The Balaban J connectivity index is 2.37. The number of sulfonamides is 1. The van der Waals surface area contributed by atoms with Gasteiger partial charge in [-0.3, -0.25) is 0 Å². The van der Waals surface area contributed by atoms with Crippen molar-refractivity contribution in [2.24, 2.45) is 5.84 Å². The summed E-state index contributed by atoms with van der Waals surface area (Å²) in [4.78, 5) is 4.10. The topological polar surface area (TPSA) is 109 Å². The molecule has 90 valence electrons. The van der Waals surface area contributed by atoms with Crippen molar-refractivity contribution in [1.82, 2.24) is 9.71 Å². The monoisotopic (exact) mass is 245 g/mol. The first-order valence-corrected chi connectivity index (χ1v) is 6.52. The summed E-state index contributed by atoms with van der Waals surface area (Å²) in [6.07, 6.45) is 1.12. The standard InChI is InChI=1S/C8H15N5O2S/c1-16(14,15)11-6-5-10-7-3-2-4-8(12-7)13-9/h2-4,11H,5-6,9H2,1H3,(H2,10,12,13). The number of nitrogens with two attached hydrogens (primary N) is 1. The summed E-state index contributed by atoms with van der Waals surface area (Å²) in [6, 6.07) is 5.27. The second-order valence-corrected chi connectivity index (χ2v) is 4.98. The Kier molecular flexibility index (Phi) is 4.47. The number of pyridine rings is 1. The Morgan fingerprint density at radius 1 is 1.31 bits per heavy atom. The molecule has 0 atom stereocenters. The Labute approximate surface area is 94.5 Å². The van der Waals surface area contributed by atoms with Crippen molar-refractivity contribution in [3.05, 3.63) is 18.2 Å². The summed E-state index contributed by atoms with van der Waals surface area (Å²) in [5, 5.41) is 2.96. The zero-order valence-electron chi connectivity index (χ0n) is 8.90. The largest absolute Gasteiger partial charge is 0.369 e. The lowest BCUT2D eigenvalue weighted by atomic mass is 10.4. The SMILES string of the molecule is CS(=O)(=O)NCCNc1cccc(NN)n1. The van der Waals surface area contributed by atoms with Gasteiger partial charge >= 0.3 is 0 Å². The van der Waals surface area contributed by atoms with Crippen LogP contribution in [0.15, 0.2) is 18.2 Å². The van der Waals surface area contributed by atoms with Crippen molar-refractivity contribution in [3.63, 3.8) is 0 Å². The predicted octanol–water partition coefficient (Wildman–Crippen LogP) is -0.672. The zero-order valence-corrected chi connectivity index (χ0v) is 9.71. The van der Waals surface area contributed by atoms with Gasteiger partial charge in [-0.15, -0.1) is 0 Å². The highest BCUT2D eigenvalue weighted by Gasteiger charge is 1.99. The molecule has 0 spiro atoms. The van der Waals surface area contributed by atoms with E-state index in [1.807, 2.05) is 0 Å². The molecule has 1 rings (SSSR count). The Bertz CT molecular complexity index is 434. The van der Waals surface area contributed by atoms with Crippen LogP contribution in [-0.2, 0) is 10.0 Å². The minimum absolute atomic E-state index is 0.306. The minimum atomic E-state index is -3.13. The van der Waals surface area contributed by atoms with E-state index in [9.17, 15) is 8.42 Å². The number of hydrazine groups is 1. The Morgan fingerprint density at radius 3 is 2.62 bits per heavy atom. The molecule has 0 aliphatic rings. The summed E-state index contributed by atoms with van der Waals surface area (Å²) < 4.78 is 23.9. The van der Waals surface area contributed by atoms with Crippen LogP contribution in [-0.4, -0.2) is 32.7 Å². The Morgan fingerprint density at radius 2 is 2.00 bits per heavy atom. The first-order chi connectivity index (χ1) is 7.51. The van der Waals surface area contributed by atoms with Crippen molar-refractivity contribution >= 4 is 21.7 Å². The number of hydrogen-bond donors (Lipinski definition) is 4. The fourth-order valence-electron chi connectivity index (χ4n) is 1.04. The van der Waals surface area contributed by atoms with Crippen LogP contribution < -0.4 is 21.3 Å². The lowest BCUT2D eigenvalue weighted by Crippen LogP contribution is -2.27. The van der Waals surface area contributed by atoms with Gasteiger partial charge in [-0.2, -0.15) is 0 Å². The second-order valence-electron chi connectivity index (χ2n) is 3.15. The van der Waals surface area contributed by atoms with Crippen molar-refractivity contribution in [2.45, 2.75) is 0 Å². The zero-order chi connectivity index (χ0) is 12.0. The molecular formula is C8H15N5O2S. The number of nitrogen functional groups attached to an aromatic ring is 1. The number of anilines is 2. The summed E-state index contributed by atoms with van der Waals surface area (Å²) >= 11 is 0. The van der Waals surface area contributed by atoms with Crippen LogP contribution in [0.3, 0.4) is 0 Å². The van der Waals surface area contributed by atoms with E-state index in [2.05, 4.69) is 20.4 Å². The molecule has 0 saturated carbocycles. The first-order valence-electron chi connectivity index (χ1n) is 4.63. The maximum absolute atomic E-state index is 10.8. The van der Waals surface area contributed by atoms with Crippen LogP contribution >= 0.6 is 0 Å². The van der Waals surface area contributed by atoms with Gasteiger partial charge in [-0.05, 0) is 12.1 Å². The van der Waals surface area contributed by atoms with Crippen molar-refractivity contribution in [3.8, 4) is 0 Å². The van der Waals surface area contributed by atoms with Crippen LogP contribution in [0.2, 0.25) is 0 Å². The van der Waals surface area contributed by atoms with E-state index in [1.54, 1.807) is 18.2 Å². The average molecular weight is 245 g/mol. The van der Waals surface area contributed by atoms with Crippen molar-refractivity contribution in [1.29, 1.82) is 0 Å². The third-order valence-electron chi connectivity index (χ3n) is 1.69. The van der Waals surface area contributed by atoms with Gasteiger partial charge in [-0.25, -0.2) is 24.0 Å². The van der Waals surface area contributed by atoms with E-state index in [4.69, 9.17) is 5.84 Å². The number of aromatic nitrogens is 1. The summed E-state index contributed by atoms with van der Waals surface area (Å²) in [6.45, 7) is 0.759. The lowest BCUT2D eigenvalue weighted by Gasteiger charge is -2.07. The van der Waals surface area contributed by atoms with Gasteiger partial charge in [0.2, 0.25) is 10.0 Å². The highest BCUT2D eigenvalue weighted by Crippen LogP contribution is 2.06. The summed E-state index contributed by atoms with van der Waals surface area (Å²) in [5.74, 6) is 6.37. The van der Waals surface area contributed by atoms with Crippen LogP contribution in [0.25, 0.3) is 0 Å². The van der Waals surface area contributed by atoms with E-state index in [0.717, 1.165) is 6.26 Å². The van der Waals surface area contributed by atoms with E-state index in [0.29, 0.717) is 24.7 Å². The maximum Gasteiger partial charge on any atom is 0.208 e. The normalized spacial score (nSPS) is 11.1. The fourth-order valence-corrected chi connectivity index (χ4v) is 1.51. The molecule has 0 aliphatic heterocycles. The van der Waals surface area contributed by atoms with Gasteiger partial charge in [0.15, 0.2) is 0 Å². The molecule has 0 fully saturated rings. The predicted molar refractivity (Wildman–Crippen MR) is 63.4 cm³/mol. The molecule has 8 heteroatoms. The minimum Gasteiger partial charge on any atom is -0.369 e.